The van der Waals surface area contributed by atoms with Gasteiger partial charge in [-0.25, -0.2) is 4.79 Å². The normalized spacial score (nSPS) is 11.6. The number of rotatable bonds is 8. The molecule has 1 atom stereocenters. The molecule has 9 nitrogen and oxygen atoms in total. The van der Waals surface area contributed by atoms with Gasteiger partial charge in [-0.2, -0.15) is 5.10 Å². The van der Waals surface area contributed by atoms with E-state index in [0.717, 1.165) is 0 Å². The summed E-state index contributed by atoms with van der Waals surface area (Å²) in [7, 11) is 3.00. The Bertz CT molecular complexity index is 980. The maximum Gasteiger partial charge on any atom is 0.375 e. The van der Waals surface area contributed by atoms with Crippen molar-refractivity contribution in [1.82, 2.24) is 9.78 Å². The number of ether oxygens (including phenoxy) is 3. The molecule has 0 spiro atoms. The fourth-order valence-electron chi connectivity index (χ4n) is 2.54. The van der Waals surface area contributed by atoms with Crippen LogP contribution >= 0.6 is 0 Å². The van der Waals surface area contributed by atoms with Crippen molar-refractivity contribution in [2.75, 3.05) is 19.5 Å². The molecule has 1 N–H and O–H groups in total. The average molecular weight is 399 g/mol. The van der Waals surface area contributed by atoms with Crippen LogP contribution in [0.1, 0.15) is 23.2 Å². The lowest BCUT2D eigenvalue weighted by atomic mass is 10.2. The molecular weight excluding hydrogens is 378 g/mol. The summed E-state index contributed by atoms with van der Waals surface area (Å²) >= 11 is 0. The molecule has 9 heteroatoms. The molecule has 1 aromatic carbocycles. The van der Waals surface area contributed by atoms with E-state index in [1.54, 1.807) is 47.4 Å². The van der Waals surface area contributed by atoms with Gasteiger partial charge in [0.25, 0.3) is 5.91 Å². The van der Waals surface area contributed by atoms with E-state index in [1.165, 1.54) is 27.2 Å². The molecule has 1 unspecified atom stereocenters. The molecule has 29 heavy (non-hydrogen) atoms. The molecule has 3 aromatic rings. The second kappa shape index (κ2) is 8.96. The summed E-state index contributed by atoms with van der Waals surface area (Å²) in [6, 6.07) is 9.92. The van der Waals surface area contributed by atoms with Gasteiger partial charge in [-0.15, -0.1) is 0 Å². The molecule has 2 heterocycles. The largest absolute Gasteiger partial charge is 0.497 e. The van der Waals surface area contributed by atoms with Crippen LogP contribution in [0.15, 0.2) is 53.2 Å². The Labute approximate surface area is 167 Å². The molecule has 0 radical (unpaired) electrons. The number of esters is 1. The van der Waals surface area contributed by atoms with Crippen molar-refractivity contribution in [3.63, 3.8) is 0 Å². The van der Waals surface area contributed by atoms with Crippen molar-refractivity contribution in [1.29, 1.82) is 0 Å². The summed E-state index contributed by atoms with van der Waals surface area (Å²) < 4.78 is 22.7. The number of methoxy groups -OCH3 is 2. The summed E-state index contributed by atoms with van der Waals surface area (Å²) in [6.45, 7) is 1.85. The Hall–Kier alpha value is -3.75. The summed E-state index contributed by atoms with van der Waals surface area (Å²) in [6.07, 6.45) is 2.37. The molecule has 0 bridgehead atoms. The Morgan fingerprint density at radius 3 is 2.72 bits per heavy atom. The van der Waals surface area contributed by atoms with Gasteiger partial charge >= 0.3 is 5.97 Å². The van der Waals surface area contributed by atoms with E-state index in [0.29, 0.717) is 29.5 Å². The number of benzene rings is 1. The van der Waals surface area contributed by atoms with E-state index >= 15 is 0 Å². The molecule has 0 saturated carbocycles. The number of furan rings is 1. The van der Waals surface area contributed by atoms with Crippen LogP contribution in [0.25, 0.3) is 0 Å². The van der Waals surface area contributed by atoms with Crippen molar-refractivity contribution in [3.05, 3.63) is 60.3 Å². The molecule has 0 aliphatic carbocycles. The molecule has 0 fully saturated rings. The lowest BCUT2D eigenvalue weighted by Gasteiger charge is -2.15. The lowest BCUT2D eigenvalue weighted by Crippen LogP contribution is -2.30. The van der Waals surface area contributed by atoms with Crippen LogP contribution in [0.4, 0.5) is 5.69 Å². The van der Waals surface area contributed by atoms with E-state index < -0.39 is 18.0 Å². The average Bonchev–Trinajstić information content (AvgIpc) is 3.40. The fourth-order valence-corrected chi connectivity index (χ4v) is 2.54. The molecule has 0 aliphatic rings. The number of amides is 1. The molecule has 0 saturated heterocycles. The van der Waals surface area contributed by atoms with E-state index in [1.807, 2.05) is 0 Å². The highest BCUT2D eigenvalue weighted by Gasteiger charge is 2.22. The topological polar surface area (TPSA) is 105 Å². The third kappa shape index (κ3) is 4.95. The minimum Gasteiger partial charge on any atom is -0.497 e. The molecule has 152 valence electrons. The Kier molecular flexibility index (Phi) is 6.18. The Morgan fingerprint density at radius 2 is 2.03 bits per heavy atom. The zero-order chi connectivity index (χ0) is 20.8. The van der Waals surface area contributed by atoms with Crippen LogP contribution in [-0.4, -0.2) is 42.0 Å². The van der Waals surface area contributed by atoms with E-state index in [9.17, 15) is 9.59 Å². The first-order chi connectivity index (χ1) is 14.0. The van der Waals surface area contributed by atoms with Crippen molar-refractivity contribution < 1.29 is 28.2 Å². The van der Waals surface area contributed by atoms with Crippen molar-refractivity contribution >= 4 is 17.6 Å². The van der Waals surface area contributed by atoms with Gasteiger partial charge in [0.05, 0.1) is 26.5 Å². The lowest BCUT2D eigenvalue weighted by molar-refractivity contribution is -0.123. The molecule has 0 aliphatic heterocycles. The number of nitrogens with zero attached hydrogens (tertiary/aromatic N) is 2. The van der Waals surface area contributed by atoms with Gasteiger partial charge in [0, 0.05) is 18.5 Å². The number of carbonyl (C=O) groups is 2. The molecular formula is C20H21N3O6. The second-order valence-electron chi connectivity index (χ2n) is 6.07. The smallest absolute Gasteiger partial charge is 0.375 e. The van der Waals surface area contributed by atoms with Crippen LogP contribution in [0, 0.1) is 0 Å². The monoisotopic (exact) mass is 399 g/mol. The van der Waals surface area contributed by atoms with Gasteiger partial charge in [0.1, 0.15) is 17.3 Å². The van der Waals surface area contributed by atoms with Gasteiger partial charge in [-0.3, -0.25) is 9.48 Å². The molecule has 2 aromatic heterocycles. The third-order valence-electron chi connectivity index (χ3n) is 4.06. The third-order valence-corrected chi connectivity index (χ3v) is 4.06. The maximum atomic E-state index is 12.4. The molecule has 3 rings (SSSR count). The first kappa shape index (κ1) is 20.0. The van der Waals surface area contributed by atoms with Gasteiger partial charge in [-0.1, -0.05) is 0 Å². The van der Waals surface area contributed by atoms with Crippen LogP contribution in [0.5, 0.6) is 11.5 Å². The van der Waals surface area contributed by atoms with Gasteiger partial charge in [0.2, 0.25) is 5.76 Å². The quantitative estimate of drug-likeness (QED) is 0.581. The highest BCUT2D eigenvalue weighted by molar-refractivity contribution is 5.97. The number of aromatic nitrogens is 2. The number of anilines is 1. The standard InChI is InChI=1S/C20H21N3O6/c1-13(19(24)22-16-11-14(26-2)5-7-17(16)27-3)28-20(25)18-8-6-15(29-18)12-23-10-4-9-21-23/h4-11,13H,12H2,1-3H3,(H,22,24). The SMILES string of the molecule is COc1ccc(OC)c(NC(=O)C(C)OC(=O)c2ccc(Cn3cccn3)o2)c1. The van der Waals surface area contributed by atoms with E-state index in [2.05, 4.69) is 10.4 Å². The predicted molar refractivity (Wildman–Crippen MR) is 103 cm³/mol. The zero-order valence-electron chi connectivity index (χ0n) is 16.2. The predicted octanol–water partition coefficient (Wildman–Crippen LogP) is 2.73. The van der Waals surface area contributed by atoms with Crippen molar-refractivity contribution in [2.45, 2.75) is 19.6 Å². The van der Waals surface area contributed by atoms with Gasteiger partial charge in [-0.05, 0) is 37.3 Å². The number of carbonyl (C=O) groups excluding carboxylic acids is 2. The summed E-state index contributed by atoms with van der Waals surface area (Å²) in [4.78, 5) is 24.7. The molecule has 1 amide bonds. The van der Waals surface area contributed by atoms with Crippen molar-refractivity contribution in [3.8, 4) is 11.5 Å². The number of nitrogens with one attached hydrogen (secondary N) is 1. The highest BCUT2D eigenvalue weighted by Crippen LogP contribution is 2.29. The van der Waals surface area contributed by atoms with Gasteiger partial charge in [0.15, 0.2) is 6.10 Å². The van der Waals surface area contributed by atoms with E-state index in [4.69, 9.17) is 18.6 Å². The maximum absolute atomic E-state index is 12.4. The number of hydrogen-bond acceptors (Lipinski definition) is 7. The second-order valence-corrected chi connectivity index (χ2v) is 6.07. The Morgan fingerprint density at radius 1 is 1.21 bits per heavy atom. The summed E-state index contributed by atoms with van der Waals surface area (Å²) in [5.74, 6) is 0.285. The first-order valence-corrected chi connectivity index (χ1v) is 8.80. The summed E-state index contributed by atoms with van der Waals surface area (Å²) in [5.41, 5.74) is 0.402. The minimum absolute atomic E-state index is 0.00534. The van der Waals surface area contributed by atoms with E-state index in [-0.39, 0.29) is 5.76 Å². The Balaban J connectivity index is 1.61. The van der Waals surface area contributed by atoms with Crippen LogP contribution in [0.2, 0.25) is 0 Å². The van der Waals surface area contributed by atoms with Gasteiger partial charge < -0.3 is 23.9 Å². The van der Waals surface area contributed by atoms with Crippen LogP contribution in [0.3, 0.4) is 0 Å². The minimum atomic E-state index is -1.06. The fraction of sp³-hybridized carbons (Fsp3) is 0.250. The number of hydrogen-bond donors (Lipinski definition) is 1. The van der Waals surface area contributed by atoms with Crippen molar-refractivity contribution in [2.24, 2.45) is 0 Å². The summed E-state index contributed by atoms with van der Waals surface area (Å²) in [5, 5.41) is 6.74. The first-order valence-electron chi connectivity index (χ1n) is 8.80. The highest BCUT2D eigenvalue weighted by atomic mass is 16.6. The van der Waals surface area contributed by atoms with Crippen LogP contribution < -0.4 is 14.8 Å². The zero-order valence-corrected chi connectivity index (χ0v) is 16.2. The van der Waals surface area contributed by atoms with Crippen LogP contribution in [-0.2, 0) is 16.1 Å².